The van der Waals surface area contributed by atoms with Crippen LogP contribution >= 0.6 is 0 Å². The zero-order chi connectivity index (χ0) is 16.2. The van der Waals surface area contributed by atoms with Crippen LogP contribution in [0.1, 0.15) is 31.2 Å². The maximum absolute atomic E-state index is 13.6. The lowest BCUT2D eigenvalue weighted by Crippen LogP contribution is -2.41. The predicted octanol–water partition coefficient (Wildman–Crippen LogP) is 3.11. The molecule has 0 aromatic heterocycles. The Balaban J connectivity index is 1.43. The summed E-state index contributed by atoms with van der Waals surface area (Å²) in [5, 5.41) is 6.58. The highest BCUT2D eigenvalue weighted by Gasteiger charge is 2.41. The lowest BCUT2D eigenvalue weighted by Gasteiger charge is -2.18. The monoisotopic (exact) mass is 321 g/mol. The molecule has 0 aliphatic heterocycles. The zero-order valence-corrected chi connectivity index (χ0v) is 13.6. The molecule has 0 radical (unpaired) electrons. The van der Waals surface area contributed by atoms with Crippen molar-refractivity contribution < 1.29 is 8.78 Å². The van der Waals surface area contributed by atoms with Crippen LogP contribution in [0.25, 0.3) is 0 Å². The van der Waals surface area contributed by atoms with Gasteiger partial charge in [0, 0.05) is 20.1 Å². The molecular weight excluding hydrogens is 296 g/mol. The van der Waals surface area contributed by atoms with Crippen LogP contribution in [0.2, 0.25) is 0 Å². The van der Waals surface area contributed by atoms with Gasteiger partial charge in [-0.1, -0.05) is 0 Å². The van der Waals surface area contributed by atoms with Gasteiger partial charge >= 0.3 is 0 Å². The van der Waals surface area contributed by atoms with Gasteiger partial charge in [-0.15, -0.1) is 0 Å². The van der Waals surface area contributed by atoms with Gasteiger partial charge in [-0.25, -0.2) is 8.78 Å². The Hall–Kier alpha value is -1.65. The van der Waals surface area contributed by atoms with E-state index in [-0.39, 0.29) is 5.82 Å². The van der Waals surface area contributed by atoms with Crippen molar-refractivity contribution >= 4 is 5.96 Å². The second-order valence-electron chi connectivity index (χ2n) is 6.70. The quantitative estimate of drug-likeness (QED) is 0.598. The molecule has 0 amide bonds. The van der Waals surface area contributed by atoms with Gasteiger partial charge in [0.1, 0.15) is 11.6 Å². The molecule has 0 spiro atoms. The Kier molecular flexibility index (Phi) is 5.13. The molecule has 0 heterocycles. The van der Waals surface area contributed by atoms with Crippen LogP contribution in [0.15, 0.2) is 23.2 Å². The minimum absolute atomic E-state index is 0.362. The molecule has 1 aromatic rings. The zero-order valence-electron chi connectivity index (χ0n) is 13.6. The van der Waals surface area contributed by atoms with E-state index in [4.69, 9.17) is 0 Å². The van der Waals surface area contributed by atoms with Gasteiger partial charge in [-0.2, -0.15) is 0 Å². The highest BCUT2D eigenvalue weighted by Crippen LogP contribution is 2.48. The molecule has 2 fully saturated rings. The van der Waals surface area contributed by atoms with Crippen molar-refractivity contribution in [1.82, 2.24) is 10.6 Å². The average molecular weight is 321 g/mol. The molecule has 23 heavy (non-hydrogen) atoms. The minimum atomic E-state index is -0.402. The summed E-state index contributed by atoms with van der Waals surface area (Å²) in [6.07, 6.45) is 5.90. The topological polar surface area (TPSA) is 36.4 Å². The summed E-state index contributed by atoms with van der Waals surface area (Å²) in [7, 11) is 1.74. The van der Waals surface area contributed by atoms with E-state index in [0.717, 1.165) is 36.3 Å². The van der Waals surface area contributed by atoms with Crippen LogP contribution in [0.4, 0.5) is 8.78 Å². The van der Waals surface area contributed by atoms with Gasteiger partial charge < -0.3 is 10.6 Å². The molecule has 2 N–H and O–H groups in total. The largest absolute Gasteiger partial charge is 0.356 e. The molecule has 5 heteroatoms. The smallest absolute Gasteiger partial charge is 0.190 e. The Bertz CT molecular complexity index is 553. The molecule has 1 aromatic carbocycles. The van der Waals surface area contributed by atoms with Crippen molar-refractivity contribution in [3.8, 4) is 0 Å². The van der Waals surface area contributed by atoms with E-state index in [0.29, 0.717) is 18.5 Å². The number of nitrogens with zero attached hydrogens (tertiary/aromatic N) is 1. The molecule has 0 bridgehead atoms. The first-order valence-corrected chi connectivity index (χ1v) is 8.56. The van der Waals surface area contributed by atoms with Gasteiger partial charge in [0.15, 0.2) is 5.96 Å². The van der Waals surface area contributed by atoms with E-state index in [9.17, 15) is 8.78 Å². The van der Waals surface area contributed by atoms with E-state index in [1.165, 1.54) is 37.8 Å². The van der Waals surface area contributed by atoms with Crippen molar-refractivity contribution in [3.63, 3.8) is 0 Å². The summed E-state index contributed by atoms with van der Waals surface area (Å²) < 4.78 is 26.7. The van der Waals surface area contributed by atoms with E-state index in [2.05, 4.69) is 15.6 Å². The fourth-order valence-electron chi connectivity index (χ4n) is 3.25. The molecular formula is C18H25F2N3. The predicted molar refractivity (Wildman–Crippen MR) is 88.4 cm³/mol. The number of halogens is 2. The van der Waals surface area contributed by atoms with Crippen molar-refractivity contribution in [1.29, 1.82) is 0 Å². The molecule has 2 aliphatic carbocycles. The number of nitrogens with one attached hydrogen (secondary N) is 2. The summed E-state index contributed by atoms with van der Waals surface area (Å²) >= 11 is 0. The van der Waals surface area contributed by atoms with Crippen LogP contribution in [-0.4, -0.2) is 26.1 Å². The lowest BCUT2D eigenvalue weighted by atomic mass is 9.98. The molecule has 3 rings (SSSR count). The molecule has 0 atom stereocenters. The van der Waals surface area contributed by atoms with Gasteiger partial charge in [-0.3, -0.25) is 4.99 Å². The number of benzene rings is 1. The maximum Gasteiger partial charge on any atom is 0.190 e. The first-order valence-electron chi connectivity index (χ1n) is 8.56. The molecule has 126 valence electrons. The van der Waals surface area contributed by atoms with Gasteiger partial charge in [0.2, 0.25) is 0 Å². The second-order valence-corrected chi connectivity index (χ2v) is 6.70. The summed E-state index contributed by atoms with van der Waals surface area (Å²) in [5.74, 6) is 2.55. The van der Waals surface area contributed by atoms with Crippen LogP contribution in [0.5, 0.6) is 0 Å². The van der Waals surface area contributed by atoms with E-state index in [1.807, 2.05) is 0 Å². The van der Waals surface area contributed by atoms with E-state index < -0.39 is 5.82 Å². The molecule has 3 nitrogen and oxygen atoms in total. The highest BCUT2D eigenvalue weighted by atomic mass is 19.1. The van der Waals surface area contributed by atoms with Crippen LogP contribution in [-0.2, 0) is 6.42 Å². The maximum atomic E-state index is 13.6. The number of guanidine groups is 1. The number of hydrogen-bond acceptors (Lipinski definition) is 1. The third kappa shape index (κ3) is 4.66. The fraction of sp³-hybridized carbons (Fsp3) is 0.611. The number of aliphatic imine (C=N–C) groups is 1. The minimum Gasteiger partial charge on any atom is -0.356 e. The molecule has 0 unspecified atom stereocenters. The Morgan fingerprint density at radius 3 is 2.48 bits per heavy atom. The Morgan fingerprint density at radius 1 is 1.17 bits per heavy atom. The first-order chi connectivity index (χ1) is 11.2. The summed E-state index contributed by atoms with van der Waals surface area (Å²) in [6.45, 7) is 1.49. The SMILES string of the molecule is CN=C(NCCc1cc(F)ccc1F)NCC(C1CC1)C1CC1. The molecule has 2 aliphatic rings. The fourth-order valence-corrected chi connectivity index (χ4v) is 3.25. The third-order valence-corrected chi connectivity index (χ3v) is 4.88. The van der Waals surface area contributed by atoms with E-state index >= 15 is 0 Å². The van der Waals surface area contributed by atoms with Gasteiger partial charge in [0.25, 0.3) is 0 Å². The van der Waals surface area contributed by atoms with Crippen LogP contribution < -0.4 is 10.6 Å². The lowest BCUT2D eigenvalue weighted by molar-refractivity contribution is 0.400. The van der Waals surface area contributed by atoms with Crippen LogP contribution in [0, 0.1) is 29.4 Å². The first kappa shape index (κ1) is 16.2. The molecule has 2 saturated carbocycles. The third-order valence-electron chi connectivity index (χ3n) is 4.88. The van der Waals surface area contributed by atoms with E-state index in [1.54, 1.807) is 7.05 Å². The number of rotatable bonds is 7. The van der Waals surface area contributed by atoms with Crippen molar-refractivity contribution in [2.24, 2.45) is 22.7 Å². The van der Waals surface area contributed by atoms with Crippen molar-refractivity contribution in [3.05, 3.63) is 35.4 Å². The Labute approximate surface area is 136 Å². The van der Waals surface area contributed by atoms with Crippen molar-refractivity contribution in [2.45, 2.75) is 32.1 Å². The second kappa shape index (κ2) is 7.28. The summed E-state index contributed by atoms with van der Waals surface area (Å²) in [6, 6.07) is 3.57. The normalized spacial score (nSPS) is 18.3. The number of hydrogen-bond donors (Lipinski definition) is 2. The summed E-state index contributed by atoms with van der Waals surface area (Å²) in [5.41, 5.74) is 0.391. The summed E-state index contributed by atoms with van der Waals surface area (Å²) in [4.78, 5) is 4.22. The standard InChI is InChI=1S/C18H25F2N3/c1-21-18(23-11-16(12-2-3-12)13-4-5-13)22-9-8-14-10-15(19)6-7-17(14)20/h6-7,10,12-13,16H,2-5,8-9,11H2,1H3,(H2,21,22,23). The van der Waals surface area contributed by atoms with Crippen molar-refractivity contribution in [2.75, 3.05) is 20.1 Å². The van der Waals surface area contributed by atoms with Gasteiger partial charge in [-0.05, 0) is 73.6 Å². The molecule has 0 saturated heterocycles. The van der Waals surface area contributed by atoms with Crippen LogP contribution in [0.3, 0.4) is 0 Å². The van der Waals surface area contributed by atoms with Gasteiger partial charge in [0.05, 0.1) is 0 Å². The average Bonchev–Trinajstić information content (AvgIpc) is 3.42. The Morgan fingerprint density at radius 2 is 1.87 bits per heavy atom. The highest BCUT2D eigenvalue weighted by molar-refractivity contribution is 5.79.